The van der Waals surface area contributed by atoms with Crippen LogP contribution in [0.3, 0.4) is 0 Å². The quantitative estimate of drug-likeness (QED) is 0.609. The van der Waals surface area contributed by atoms with Gasteiger partial charge in [0.1, 0.15) is 6.29 Å². The summed E-state index contributed by atoms with van der Waals surface area (Å²) in [5.74, 6) is 0.422. The lowest BCUT2D eigenvalue weighted by atomic mass is 10.2. The van der Waals surface area contributed by atoms with Gasteiger partial charge in [-0.2, -0.15) is 0 Å². The molecule has 0 fully saturated rings. The molecule has 0 saturated carbocycles. The summed E-state index contributed by atoms with van der Waals surface area (Å²) in [7, 11) is 0. The van der Waals surface area contributed by atoms with Crippen molar-refractivity contribution in [3.05, 3.63) is 29.8 Å². The Hall–Kier alpha value is -1.29. The van der Waals surface area contributed by atoms with Crippen LogP contribution in [0.1, 0.15) is 23.7 Å². The van der Waals surface area contributed by atoms with E-state index in [1.165, 1.54) is 11.8 Å². The van der Waals surface area contributed by atoms with Crippen LogP contribution in [-0.4, -0.2) is 24.5 Å². The number of carbonyl (C=O) groups is 2. The Morgan fingerprint density at radius 3 is 3.00 bits per heavy atom. The highest BCUT2D eigenvalue weighted by molar-refractivity contribution is 8.00. The molecule has 1 amide bonds. The fourth-order valence-corrected chi connectivity index (χ4v) is 1.94. The fraction of sp³-hybridized carbons (Fsp3) is 0.333. The summed E-state index contributed by atoms with van der Waals surface area (Å²) >= 11 is 1.44. The molecule has 0 aliphatic carbocycles. The van der Waals surface area contributed by atoms with Crippen LogP contribution in [0.5, 0.6) is 0 Å². The number of amides is 1. The Morgan fingerprint density at radius 1 is 1.50 bits per heavy atom. The summed E-state index contributed by atoms with van der Waals surface area (Å²) in [6.07, 6.45) is 1.75. The molecule has 0 aromatic heterocycles. The van der Waals surface area contributed by atoms with Crippen molar-refractivity contribution in [2.75, 3.05) is 12.3 Å². The fourth-order valence-electron chi connectivity index (χ4n) is 1.14. The van der Waals surface area contributed by atoms with Crippen LogP contribution in [0.15, 0.2) is 29.2 Å². The van der Waals surface area contributed by atoms with Gasteiger partial charge < -0.3 is 5.32 Å². The van der Waals surface area contributed by atoms with Crippen molar-refractivity contribution in [1.29, 1.82) is 0 Å². The molecule has 1 N–H and O–H groups in total. The maximum absolute atomic E-state index is 11.3. The van der Waals surface area contributed by atoms with E-state index in [0.717, 1.165) is 17.6 Å². The molecule has 1 aromatic carbocycles. The molecule has 0 bridgehead atoms. The zero-order valence-electron chi connectivity index (χ0n) is 9.23. The van der Waals surface area contributed by atoms with Gasteiger partial charge in [0.2, 0.25) is 5.91 Å². The molecule has 3 nitrogen and oxygen atoms in total. The Morgan fingerprint density at radius 2 is 2.31 bits per heavy atom. The van der Waals surface area contributed by atoms with Crippen LogP contribution >= 0.6 is 11.8 Å². The molecular weight excluding hydrogens is 222 g/mol. The highest BCUT2D eigenvalue weighted by atomic mass is 32.2. The monoisotopic (exact) mass is 237 g/mol. The van der Waals surface area contributed by atoms with Crippen molar-refractivity contribution in [3.8, 4) is 0 Å². The molecular formula is C12H15NO2S. The zero-order valence-corrected chi connectivity index (χ0v) is 10.0. The van der Waals surface area contributed by atoms with E-state index in [-0.39, 0.29) is 5.91 Å². The summed E-state index contributed by atoms with van der Waals surface area (Å²) < 4.78 is 0. The predicted molar refractivity (Wildman–Crippen MR) is 65.9 cm³/mol. The second-order valence-corrected chi connectivity index (χ2v) is 4.38. The second kappa shape index (κ2) is 7.06. The summed E-state index contributed by atoms with van der Waals surface area (Å²) in [5, 5.41) is 2.80. The Labute approximate surface area is 99.6 Å². The van der Waals surface area contributed by atoms with Crippen molar-refractivity contribution >= 4 is 24.0 Å². The molecule has 86 valence electrons. The standard InChI is InChI=1S/C12H15NO2S/c1-2-6-13-12(15)9-16-11-5-3-4-10(7-11)8-14/h3-5,7-8H,2,6,9H2,1H3,(H,13,15). The molecule has 0 radical (unpaired) electrons. The van der Waals surface area contributed by atoms with E-state index in [0.29, 0.717) is 17.9 Å². The third-order valence-electron chi connectivity index (χ3n) is 1.94. The lowest BCUT2D eigenvalue weighted by molar-refractivity contribution is -0.118. The smallest absolute Gasteiger partial charge is 0.230 e. The highest BCUT2D eigenvalue weighted by Crippen LogP contribution is 2.18. The summed E-state index contributed by atoms with van der Waals surface area (Å²) in [6.45, 7) is 2.73. The van der Waals surface area contributed by atoms with Crippen molar-refractivity contribution in [2.45, 2.75) is 18.2 Å². The molecule has 0 atom stereocenters. The number of carbonyl (C=O) groups excluding carboxylic acids is 2. The molecule has 1 aromatic rings. The summed E-state index contributed by atoms with van der Waals surface area (Å²) in [4.78, 5) is 22.8. The summed E-state index contributed by atoms with van der Waals surface area (Å²) in [5.41, 5.74) is 0.638. The van der Waals surface area contributed by atoms with Crippen LogP contribution in [0.4, 0.5) is 0 Å². The zero-order chi connectivity index (χ0) is 11.8. The van der Waals surface area contributed by atoms with E-state index in [4.69, 9.17) is 0 Å². The minimum absolute atomic E-state index is 0.0309. The molecule has 0 aliphatic rings. The van der Waals surface area contributed by atoms with Gasteiger partial charge in [0.15, 0.2) is 0 Å². The number of hydrogen-bond acceptors (Lipinski definition) is 3. The van der Waals surface area contributed by atoms with Gasteiger partial charge in [0.25, 0.3) is 0 Å². The van der Waals surface area contributed by atoms with Gasteiger partial charge in [-0.1, -0.05) is 19.1 Å². The van der Waals surface area contributed by atoms with Crippen LogP contribution in [-0.2, 0) is 4.79 Å². The van der Waals surface area contributed by atoms with Crippen LogP contribution in [0.2, 0.25) is 0 Å². The third-order valence-corrected chi connectivity index (χ3v) is 2.93. The molecule has 0 unspecified atom stereocenters. The van der Waals surface area contributed by atoms with Gasteiger partial charge in [-0.05, 0) is 18.6 Å². The topological polar surface area (TPSA) is 46.2 Å². The largest absolute Gasteiger partial charge is 0.355 e. The molecule has 0 spiro atoms. The molecule has 16 heavy (non-hydrogen) atoms. The Kier molecular flexibility index (Phi) is 5.64. The number of hydrogen-bond donors (Lipinski definition) is 1. The molecule has 0 aliphatic heterocycles. The van der Waals surface area contributed by atoms with Crippen LogP contribution in [0, 0.1) is 0 Å². The minimum atomic E-state index is 0.0309. The highest BCUT2D eigenvalue weighted by Gasteiger charge is 2.02. The molecule has 0 saturated heterocycles. The van der Waals surface area contributed by atoms with Gasteiger partial charge >= 0.3 is 0 Å². The predicted octanol–water partition coefficient (Wildman–Crippen LogP) is 2.12. The average molecular weight is 237 g/mol. The van der Waals surface area contributed by atoms with E-state index in [9.17, 15) is 9.59 Å². The number of aldehydes is 1. The van der Waals surface area contributed by atoms with E-state index in [1.54, 1.807) is 12.1 Å². The molecule has 4 heteroatoms. The Bertz CT molecular complexity index is 366. The first-order valence-corrected chi connectivity index (χ1v) is 6.19. The SMILES string of the molecule is CCCNC(=O)CSc1cccc(C=O)c1. The van der Waals surface area contributed by atoms with Gasteiger partial charge in [0.05, 0.1) is 5.75 Å². The van der Waals surface area contributed by atoms with E-state index in [2.05, 4.69) is 5.32 Å². The van der Waals surface area contributed by atoms with Crippen molar-refractivity contribution in [3.63, 3.8) is 0 Å². The third kappa shape index (κ3) is 4.49. The maximum atomic E-state index is 11.3. The van der Waals surface area contributed by atoms with Crippen LogP contribution in [0.25, 0.3) is 0 Å². The number of thioether (sulfide) groups is 1. The van der Waals surface area contributed by atoms with Gasteiger partial charge in [-0.15, -0.1) is 11.8 Å². The van der Waals surface area contributed by atoms with Crippen LogP contribution < -0.4 is 5.32 Å². The van der Waals surface area contributed by atoms with Gasteiger partial charge in [-0.3, -0.25) is 9.59 Å². The van der Waals surface area contributed by atoms with E-state index in [1.807, 2.05) is 19.1 Å². The van der Waals surface area contributed by atoms with Crippen molar-refractivity contribution in [2.24, 2.45) is 0 Å². The first-order chi connectivity index (χ1) is 7.76. The van der Waals surface area contributed by atoms with Crippen molar-refractivity contribution < 1.29 is 9.59 Å². The summed E-state index contributed by atoms with van der Waals surface area (Å²) in [6, 6.07) is 7.24. The lowest BCUT2D eigenvalue weighted by Gasteiger charge is -2.03. The Balaban J connectivity index is 2.41. The number of benzene rings is 1. The minimum Gasteiger partial charge on any atom is -0.355 e. The normalized spacial score (nSPS) is 9.81. The van der Waals surface area contributed by atoms with Gasteiger partial charge in [-0.25, -0.2) is 0 Å². The molecule has 1 rings (SSSR count). The first-order valence-electron chi connectivity index (χ1n) is 5.21. The van der Waals surface area contributed by atoms with E-state index < -0.39 is 0 Å². The number of nitrogens with one attached hydrogen (secondary N) is 1. The maximum Gasteiger partial charge on any atom is 0.230 e. The van der Waals surface area contributed by atoms with Crippen molar-refractivity contribution in [1.82, 2.24) is 5.32 Å². The first kappa shape index (κ1) is 12.8. The van der Waals surface area contributed by atoms with E-state index >= 15 is 0 Å². The molecule has 0 heterocycles. The lowest BCUT2D eigenvalue weighted by Crippen LogP contribution is -2.25. The average Bonchev–Trinajstić information content (AvgIpc) is 2.34. The van der Waals surface area contributed by atoms with Gasteiger partial charge in [0, 0.05) is 17.0 Å². The number of rotatable bonds is 6. The second-order valence-electron chi connectivity index (χ2n) is 3.33.